The molecule has 0 unspecified atom stereocenters. The van der Waals surface area contributed by atoms with Gasteiger partial charge < -0.3 is 14.6 Å². The predicted octanol–water partition coefficient (Wildman–Crippen LogP) is 4.19. The fourth-order valence-corrected chi connectivity index (χ4v) is 3.68. The van der Waals surface area contributed by atoms with Crippen LogP contribution in [0.2, 0.25) is 0 Å². The number of nitrogens with one attached hydrogen (secondary N) is 1. The molecule has 2 aromatic carbocycles. The first-order chi connectivity index (χ1) is 14.4. The Hall–Kier alpha value is -3.68. The number of hydrogen-bond donors (Lipinski definition) is 1. The average molecular weight is 407 g/mol. The van der Waals surface area contributed by atoms with Gasteiger partial charge in [0, 0.05) is 41.9 Å². The first kappa shape index (κ1) is 19.6. The first-order valence-electron chi connectivity index (χ1n) is 9.79. The van der Waals surface area contributed by atoms with Gasteiger partial charge >= 0.3 is 5.63 Å². The number of nitro benzene ring substituents is 1. The van der Waals surface area contributed by atoms with Crippen molar-refractivity contribution in [2.75, 3.05) is 23.3 Å². The van der Waals surface area contributed by atoms with Crippen molar-refractivity contribution in [2.45, 2.75) is 19.8 Å². The molecule has 3 aromatic rings. The van der Waals surface area contributed by atoms with Gasteiger partial charge in [0.15, 0.2) is 0 Å². The number of hydrogen-bond acceptors (Lipinski definition) is 6. The van der Waals surface area contributed by atoms with Gasteiger partial charge in [-0.25, -0.2) is 4.79 Å². The number of benzene rings is 2. The monoisotopic (exact) mass is 407 g/mol. The van der Waals surface area contributed by atoms with Crippen molar-refractivity contribution in [2.24, 2.45) is 5.92 Å². The zero-order valence-corrected chi connectivity index (χ0v) is 16.5. The molecule has 1 amide bonds. The van der Waals surface area contributed by atoms with Crippen LogP contribution >= 0.6 is 0 Å². The number of nitro groups is 1. The summed E-state index contributed by atoms with van der Waals surface area (Å²) in [6.45, 7) is 3.71. The fraction of sp³-hybridized carbons (Fsp3) is 0.273. The Morgan fingerprint density at radius 2 is 1.90 bits per heavy atom. The number of fused-ring (bicyclic) bond motifs is 1. The molecule has 4 rings (SSSR count). The second kappa shape index (κ2) is 7.98. The van der Waals surface area contributed by atoms with Crippen LogP contribution in [0.3, 0.4) is 0 Å². The second-order valence-electron chi connectivity index (χ2n) is 7.59. The molecule has 0 aliphatic carbocycles. The van der Waals surface area contributed by atoms with Crippen LogP contribution in [0.15, 0.2) is 57.7 Å². The van der Waals surface area contributed by atoms with Crippen LogP contribution < -0.4 is 15.8 Å². The quantitative estimate of drug-likeness (QED) is 0.395. The predicted molar refractivity (Wildman–Crippen MR) is 114 cm³/mol. The molecule has 30 heavy (non-hydrogen) atoms. The molecule has 1 saturated heterocycles. The number of nitrogens with zero attached hydrogens (tertiary/aromatic N) is 2. The van der Waals surface area contributed by atoms with E-state index >= 15 is 0 Å². The molecule has 1 aromatic heterocycles. The van der Waals surface area contributed by atoms with Gasteiger partial charge in [-0.15, -0.1) is 0 Å². The summed E-state index contributed by atoms with van der Waals surface area (Å²) in [6, 6.07) is 12.4. The topological polar surface area (TPSA) is 106 Å². The number of piperidine rings is 1. The molecule has 8 nitrogen and oxygen atoms in total. The molecule has 154 valence electrons. The Labute approximate surface area is 172 Å². The zero-order valence-electron chi connectivity index (χ0n) is 16.5. The molecular formula is C22H21N3O5. The molecule has 1 aliphatic rings. The minimum absolute atomic E-state index is 0.0718. The molecule has 1 aliphatic heterocycles. The SMILES string of the molecule is CC1CCN(c2ccc(C(=O)Nc3ccc4oc(=O)ccc4c3)cc2[N+](=O)[O-])CC1. The summed E-state index contributed by atoms with van der Waals surface area (Å²) in [7, 11) is 0. The maximum Gasteiger partial charge on any atom is 0.336 e. The second-order valence-corrected chi connectivity index (χ2v) is 7.59. The maximum absolute atomic E-state index is 12.7. The summed E-state index contributed by atoms with van der Waals surface area (Å²) in [5.41, 5.74) is 1.14. The number of anilines is 2. The standard InChI is InChI=1S/C22H21N3O5/c1-14-8-10-24(11-9-14)18-5-2-16(13-19(18)25(28)29)22(27)23-17-4-6-20-15(12-17)3-7-21(26)30-20/h2-7,12-14H,8-11H2,1H3,(H,23,27). The molecule has 2 heterocycles. The fourth-order valence-electron chi connectivity index (χ4n) is 3.68. The first-order valence-corrected chi connectivity index (χ1v) is 9.79. The normalized spacial score (nSPS) is 14.6. The number of rotatable bonds is 4. The minimum atomic E-state index is -0.450. The number of carbonyl (C=O) groups excluding carboxylic acids is 1. The van der Waals surface area contributed by atoms with Crippen LogP contribution in [0.4, 0.5) is 17.1 Å². The summed E-state index contributed by atoms with van der Waals surface area (Å²) >= 11 is 0. The van der Waals surface area contributed by atoms with Gasteiger partial charge in [0.1, 0.15) is 11.3 Å². The lowest BCUT2D eigenvalue weighted by atomic mass is 9.98. The highest BCUT2D eigenvalue weighted by atomic mass is 16.6. The van der Waals surface area contributed by atoms with Gasteiger partial charge in [-0.05, 0) is 55.2 Å². The molecular weight excluding hydrogens is 386 g/mol. The van der Waals surface area contributed by atoms with E-state index in [2.05, 4.69) is 12.2 Å². The Kier molecular flexibility index (Phi) is 5.22. The zero-order chi connectivity index (χ0) is 21.3. The summed E-state index contributed by atoms with van der Waals surface area (Å²) in [5.74, 6) is 0.161. The van der Waals surface area contributed by atoms with E-state index in [9.17, 15) is 19.7 Å². The number of amides is 1. The van der Waals surface area contributed by atoms with Gasteiger partial charge in [-0.1, -0.05) is 6.92 Å². The van der Waals surface area contributed by atoms with Crippen molar-refractivity contribution in [1.29, 1.82) is 0 Å². The van der Waals surface area contributed by atoms with Gasteiger partial charge in [0.2, 0.25) is 0 Å². The minimum Gasteiger partial charge on any atom is -0.423 e. The molecule has 0 atom stereocenters. The van der Waals surface area contributed by atoms with Gasteiger partial charge in [-0.2, -0.15) is 0 Å². The van der Waals surface area contributed by atoms with E-state index in [1.165, 1.54) is 12.1 Å². The highest BCUT2D eigenvalue weighted by Crippen LogP contribution is 2.32. The van der Waals surface area contributed by atoms with E-state index in [4.69, 9.17) is 4.42 Å². The highest BCUT2D eigenvalue weighted by molar-refractivity contribution is 6.05. The Morgan fingerprint density at radius 1 is 1.13 bits per heavy atom. The van der Waals surface area contributed by atoms with Crippen LogP contribution in [-0.4, -0.2) is 23.9 Å². The average Bonchev–Trinajstić information content (AvgIpc) is 2.74. The summed E-state index contributed by atoms with van der Waals surface area (Å²) < 4.78 is 5.08. The lowest BCUT2D eigenvalue weighted by Gasteiger charge is -2.31. The lowest BCUT2D eigenvalue weighted by molar-refractivity contribution is -0.384. The van der Waals surface area contributed by atoms with Crippen LogP contribution in [-0.2, 0) is 0 Å². The Bertz CT molecular complexity index is 1180. The molecule has 1 N–H and O–H groups in total. The van der Waals surface area contributed by atoms with Crippen LogP contribution in [0.25, 0.3) is 11.0 Å². The van der Waals surface area contributed by atoms with Crippen molar-refractivity contribution >= 4 is 33.9 Å². The molecule has 0 radical (unpaired) electrons. The third-order valence-electron chi connectivity index (χ3n) is 5.44. The van der Waals surface area contributed by atoms with E-state index in [0.29, 0.717) is 28.3 Å². The molecule has 0 bridgehead atoms. The van der Waals surface area contributed by atoms with Crippen molar-refractivity contribution in [3.05, 3.63) is 74.6 Å². The maximum atomic E-state index is 12.7. The molecule has 1 fully saturated rings. The largest absolute Gasteiger partial charge is 0.423 e. The van der Waals surface area contributed by atoms with E-state index < -0.39 is 16.5 Å². The number of carbonyl (C=O) groups is 1. The third kappa shape index (κ3) is 4.03. The molecule has 8 heteroatoms. The van der Waals surface area contributed by atoms with Crippen molar-refractivity contribution in [1.82, 2.24) is 0 Å². The summed E-state index contributed by atoms with van der Waals surface area (Å²) in [5, 5.41) is 15.0. The summed E-state index contributed by atoms with van der Waals surface area (Å²) in [6.07, 6.45) is 1.98. The van der Waals surface area contributed by atoms with E-state index in [1.54, 1.807) is 36.4 Å². The van der Waals surface area contributed by atoms with Gasteiger partial charge in [0.25, 0.3) is 11.6 Å². The van der Waals surface area contributed by atoms with E-state index in [-0.39, 0.29) is 11.3 Å². The van der Waals surface area contributed by atoms with E-state index in [0.717, 1.165) is 25.9 Å². The highest BCUT2D eigenvalue weighted by Gasteiger charge is 2.24. The lowest BCUT2D eigenvalue weighted by Crippen LogP contribution is -2.33. The molecule has 0 saturated carbocycles. The Morgan fingerprint density at radius 3 is 2.63 bits per heavy atom. The van der Waals surface area contributed by atoms with Crippen molar-refractivity contribution in [3.8, 4) is 0 Å². The van der Waals surface area contributed by atoms with Crippen LogP contribution in [0, 0.1) is 16.0 Å². The Balaban J connectivity index is 1.58. The van der Waals surface area contributed by atoms with E-state index in [1.807, 2.05) is 4.90 Å². The van der Waals surface area contributed by atoms with Crippen molar-refractivity contribution in [3.63, 3.8) is 0 Å². The smallest absolute Gasteiger partial charge is 0.336 e. The molecule has 0 spiro atoms. The van der Waals surface area contributed by atoms with Crippen LogP contribution in [0.5, 0.6) is 0 Å². The van der Waals surface area contributed by atoms with Gasteiger partial charge in [-0.3, -0.25) is 14.9 Å². The van der Waals surface area contributed by atoms with Crippen LogP contribution in [0.1, 0.15) is 30.1 Å². The third-order valence-corrected chi connectivity index (χ3v) is 5.44. The van der Waals surface area contributed by atoms with Gasteiger partial charge in [0.05, 0.1) is 4.92 Å². The van der Waals surface area contributed by atoms with Crippen molar-refractivity contribution < 1.29 is 14.1 Å². The summed E-state index contributed by atoms with van der Waals surface area (Å²) in [4.78, 5) is 37.2.